The lowest BCUT2D eigenvalue weighted by Gasteiger charge is -2.06. The molecule has 0 spiro atoms. The van der Waals surface area contributed by atoms with Crippen LogP contribution in [0, 0.1) is 11.3 Å². The number of hydrogen-bond donors (Lipinski definition) is 2. The molecule has 0 saturated heterocycles. The van der Waals surface area contributed by atoms with Crippen molar-refractivity contribution in [1.29, 1.82) is 5.26 Å². The molecule has 0 atom stereocenters. The smallest absolute Gasteiger partial charge is 0.125 e. The van der Waals surface area contributed by atoms with Crippen LogP contribution in [-0.2, 0) is 6.54 Å². The van der Waals surface area contributed by atoms with Gasteiger partial charge in [-0.05, 0) is 18.2 Å². The number of nitriles is 1. The lowest BCUT2D eigenvalue weighted by molar-refractivity contribution is 0.999. The molecule has 16 heavy (non-hydrogen) atoms. The van der Waals surface area contributed by atoms with Gasteiger partial charge in [-0.3, -0.25) is 0 Å². The third-order valence-corrected chi connectivity index (χ3v) is 2.60. The lowest BCUT2D eigenvalue weighted by atomic mass is 10.2. The van der Waals surface area contributed by atoms with Gasteiger partial charge in [0.25, 0.3) is 0 Å². The SMILES string of the molecule is N#Cc1ccc(Br)cc1NCc1ncc[nH]1. The van der Waals surface area contributed by atoms with E-state index in [-0.39, 0.29) is 0 Å². The molecular formula is C11H9BrN4. The number of hydrogen-bond acceptors (Lipinski definition) is 3. The fourth-order valence-electron chi connectivity index (χ4n) is 1.33. The predicted molar refractivity (Wildman–Crippen MR) is 64.8 cm³/mol. The summed E-state index contributed by atoms with van der Waals surface area (Å²) in [6, 6.07) is 7.63. The van der Waals surface area contributed by atoms with Crippen molar-refractivity contribution in [2.45, 2.75) is 6.54 Å². The van der Waals surface area contributed by atoms with Gasteiger partial charge in [0.05, 0.1) is 17.8 Å². The van der Waals surface area contributed by atoms with Gasteiger partial charge >= 0.3 is 0 Å². The molecule has 2 rings (SSSR count). The maximum absolute atomic E-state index is 8.94. The van der Waals surface area contributed by atoms with Gasteiger partial charge in [0.15, 0.2) is 0 Å². The van der Waals surface area contributed by atoms with Crippen LogP contribution in [0.2, 0.25) is 0 Å². The van der Waals surface area contributed by atoms with Gasteiger partial charge in [0.2, 0.25) is 0 Å². The van der Waals surface area contributed by atoms with Crippen molar-refractivity contribution in [3.63, 3.8) is 0 Å². The summed E-state index contributed by atoms with van der Waals surface area (Å²) in [6.07, 6.45) is 3.46. The Balaban J connectivity index is 2.15. The highest BCUT2D eigenvalue weighted by Gasteiger charge is 2.02. The summed E-state index contributed by atoms with van der Waals surface area (Å²) in [5.41, 5.74) is 1.42. The zero-order valence-corrected chi connectivity index (χ0v) is 9.95. The Morgan fingerprint density at radius 3 is 3.06 bits per heavy atom. The van der Waals surface area contributed by atoms with Gasteiger partial charge in [-0.1, -0.05) is 15.9 Å². The van der Waals surface area contributed by atoms with Crippen molar-refractivity contribution in [3.05, 3.63) is 46.5 Å². The number of aromatic amines is 1. The van der Waals surface area contributed by atoms with E-state index in [1.165, 1.54) is 0 Å². The minimum Gasteiger partial charge on any atom is -0.377 e. The monoisotopic (exact) mass is 276 g/mol. The maximum Gasteiger partial charge on any atom is 0.125 e. The van der Waals surface area contributed by atoms with E-state index < -0.39 is 0 Å². The van der Waals surface area contributed by atoms with Crippen molar-refractivity contribution in [3.8, 4) is 6.07 Å². The number of imidazole rings is 1. The Morgan fingerprint density at radius 1 is 1.50 bits per heavy atom. The molecule has 5 heteroatoms. The Hall–Kier alpha value is -1.80. The first-order chi connectivity index (χ1) is 7.79. The summed E-state index contributed by atoms with van der Waals surface area (Å²) in [5, 5.41) is 12.1. The van der Waals surface area contributed by atoms with E-state index in [9.17, 15) is 0 Å². The number of nitrogens with one attached hydrogen (secondary N) is 2. The number of rotatable bonds is 3. The van der Waals surface area contributed by atoms with E-state index in [1.807, 2.05) is 12.1 Å². The Morgan fingerprint density at radius 2 is 2.38 bits per heavy atom. The molecule has 2 N–H and O–H groups in total. The molecule has 0 aliphatic heterocycles. The van der Waals surface area contributed by atoms with Crippen molar-refractivity contribution >= 4 is 21.6 Å². The highest BCUT2D eigenvalue weighted by molar-refractivity contribution is 9.10. The first kappa shape index (κ1) is 10.7. The number of benzene rings is 1. The molecule has 0 bridgehead atoms. The van der Waals surface area contributed by atoms with Gasteiger partial charge in [0.1, 0.15) is 11.9 Å². The van der Waals surface area contributed by atoms with E-state index in [0.29, 0.717) is 12.1 Å². The zero-order chi connectivity index (χ0) is 11.4. The van der Waals surface area contributed by atoms with E-state index in [4.69, 9.17) is 5.26 Å². The van der Waals surface area contributed by atoms with Crippen molar-refractivity contribution < 1.29 is 0 Å². The predicted octanol–water partition coefficient (Wildman–Crippen LogP) is 2.66. The third-order valence-electron chi connectivity index (χ3n) is 2.10. The van der Waals surface area contributed by atoms with Crippen LogP contribution >= 0.6 is 15.9 Å². The van der Waals surface area contributed by atoms with Crippen LogP contribution in [0.25, 0.3) is 0 Å². The summed E-state index contributed by atoms with van der Waals surface area (Å²) in [4.78, 5) is 7.09. The van der Waals surface area contributed by atoms with Crippen molar-refractivity contribution in [1.82, 2.24) is 9.97 Å². The molecule has 4 nitrogen and oxygen atoms in total. The van der Waals surface area contributed by atoms with Crippen LogP contribution in [0.4, 0.5) is 5.69 Å². The molecule has 1 aromatic carbocycles. The quantitative estimate of drug-likeness (QED) is 0.906. The summed E-state index contributed by atoms with van der Waals surface area (Å²) in [6.45, 7) is 0.568. The van der Waals surface area contributed by atoms with Gasteiger partial charge in [-0.15, -0.1) is 0 Å². The molecule has 2 aromatic rings. The Kier molecular flexibility index (Phi) is 3.22. The molecule has 0 radical (unpaired) electrons. The summed E-state index contributed by atoms with van der Waals surface area (Å²) in [7, 11) is 0. The van der Waals surface area contributed by atoms with E-state index in [2.05, 4.69) is 37.3 Å². The molecule has 0 saturated carbocycles. The molecule has 0 aliphatic carbocycles. The number of H-pyrrole nitrogens is 1. The normalized spacial score (nSPS) is 9.75. The highest BCUT2D eigenvalue weighted by Crippen LogP contribution is 2.21. The van der Waals surface area contributed by atoms with Gasteiger partial charge in [-0.25, -0.2) is 4.98 Å². The molecule has 1 heterocycles. The van der Waals surface area contributed by atoms with Crippen LogP contribution in [0.15, 0.2) is 35.1 Å². The highest BCUT2D eigenvalue weighted by atomic mass is 79.9. The molecule has 80 valence electrons. The number of halogens is 1. The van der Waals surface area contributed by atoms with Crippen molar-refractivity contribution in [2.75, 3.05) is 5.32 Å². The molecular weight excluding hydrogens is 268 g/mol. The minimum atomic E-state index is 0.568. The fraction of sp³-hybridized carbons (Fsp3) is 0.0909. The van der Waals surface area contributed by atoms with Crippen LogP contribution < -0.4 is 5.32 Å². The van der Waals surface area contributed by atoms with Gasteiger partial charge in [0, 0.05) is 16.9 Å². The second-order valence-corrected chi connectivity index (χ2v) is 4.11. The zero-order valence-electron chi connectivity index (χ0n) is 8.37. The maximum atomic E-state index is 8.94. The minimum absolute atomic E-state index is 0.568. The Bertz CT molecular complexity index is 513. The summed E-state index contributed by atoms with van der Waals surface area (Å²) in [5.74, 6) is 0.837. The van der Waals surface area contributed by atoms with E-state index in [1.54, 1.807) is 18.5 Å². The molecule has 0 fully saturated rings. The second-order valence-electron chi connectivity index (χ2n) is 3.19. The third kappa shape index (κ3) is 2.41. The first-order valence-corrected chi connectivity index (χ1v) is 5.50. The van der Waals surface area contributed by atoms with E-state index >= 15 is 0 Å². The molecule has 0 aliphatic rings. The second kappa shape index (κ2) is 4.81. The fourth-order valence-corrected chi connectivity index (χ4v) is 1.69. The summed E-state index contributed by atoms with van der Waals surface area (Å²) < 4.78 is 0.938. The molecule has 0 amide bonds. The van der Waals surface area contributed by atoms with Crippen molar-refractivity contribution in [2.24, 2.45) is 0 Å². The van der Waals surface area contributed by atoms with E-state index in [0.717, 1.165) is 16.0 Å². The molecule has 0 unspecified atom stereocenters. The first-order valence-electron chi connectivity index (χ1n) is 4.71. The number of aromatic nitrogens is 2. The number of anilines is 1. The van der Waals surface area contributed by atoms with Crippen LogP contribution in [0.1, 0.15) is 11.4 Å². The van der Waals surface area contributed by atoms with Gasteiger partial charge in [-0.2, -0.15) is 5.26 Å². The van der Waals surface area contributed by atoms with Gasteiger partial charge < -0.3 is 10.3 Å². The average Bonchev–Trinajstić information content (AvgIpc) is 2.79. The molecule has 1 aromatic heterocycles. The lowest BCUT2D eigenvalue weighted by Crippen LogP contribution is -2.02. The topological polar surface area (TPSA) is 64.5 Å². The van der Waals surface area contributed by atoms with Crippen LogP contribution in [0.3, 0.4) is 0 Å². The number of nitrogens with zero attached hydrogens (tertiary/aromatic N) is 2. The largest absolute Gasteiger partial charge is 0.377 e. The Labute approximate surface area is 101 Å². The average molecular weight is 277 g/mol. The van der Waals surface area contributed by atoms with Crippen LogP contribution in [-0.4, -0.2) is 9.97 Å². The summed E-state index contributed by atoms with van der Waals surface area (Å²) >= 11 is 3.37. The standard InChI is InChI=1S/C11H9BrN4/c12-9-2-1-8(6-13)10(5-9)16-7-11-14-3-4-15-11/h1-5,16H,7H2,(H,14,15). The van der Waals surface area contributed by atoms with Crippen LogP contribution in [0.5, 0.6) is 0 Å².